The molecule has 0 spiro atoms. The average Bonchev–Trinajstić information content (AvgIpc) is 1.83. The molecule has 3 aliphatic carbocycles. The molecule has 0 radical (unpaired) electrons. The van der Waals surface area contributed by atoms with Crippen LogP contribution in [0.5, 0.6) is 0 Å². The van der Waals surface area contributed by atoms with E-state index in [-0.39, 0.29) is 16.8 Å². The third kappa shape index (κ3) is 0.568. The van der Waals surface area contributed by atoms with E-state index in [2.05, 4.69) is 10.7 Å². The van der Waals surface area contributed by atoms with Crippen LogP contribution in [0, 0.1) is 23.2 Å². The first-order valence-electron chi connectivity index (χ1n) is 3.73. The first-order chi connectivity index (χ1) is 5.16. The van der Waals surface area contributed by atoms with Crippen LogP contribution in [0.3, 0.4) is 0 Å². The SMILES string of the molecule is C#CC12CC(C(=O)OC)(C1)C2. The van der Waals surface area contributed by atoms with E-state index < -0.39 is 0 Å². The molecule has 3 fully saturated rings. The van der Waals surface area contributed by atoms with Crippen molar-refractivity contribution in [1.82, 2.24) is 0 Å². The zero-order chi connectivity index (χ0) is 8.11. The van der Waals surface area contributed by atoms with Crippen molar-refractivity contribution in [1.29, 1.82) is 0 Å². The highest BCUT2D eigenvalue weighted by Crippen LogP contribution is 2.73. The molecule has 0 unspecified atom stereocenters. The molecule has 58 valence electrons. The minimum absolute atomic E-state index is 0.0744. The molecule has 3 saturated carbocycles. The second kappa shape index (κ2) is 1.61. The number of carbonyl (C=O) groups is 1. The monoisotopic (exact) mass is 150 g/mol. The Bertz CT molecular complexity index is 239. The van der Waals surface area contributed by atoms with E-state index in [9.17, 15) is 4.79 Å². The second-order valence-electron chi connectivity index (χ2n) is 3.73. The van der Waals surface area contributed by atoms with Gasteiger partial charge in [0.15, 0.2) is 0 Å². The normalized spacial score (nSPS) is 44.7. The lowest BCUT2D eigenvalue weighted by atomic mass is 9.35. The van der Waals surface area contributed by atoms with Gasteiger partial charge in [0.2, 0.25) is 0 Å². The molecular formula is C9H10O2. The van der Waals surface area contributed by atoms with Gasteiger partial charge in [-0.1, -0.05) is 5.92 Å². The summed E-state index contributed by atoms with van der Waals surface area (Å²) >= 11 is 0. The van der Waals surface area contributed by atoms with Gasteiger partial charge in [0.05, 0.1) is 12.5 Å². The standard InChI is InChI=1S/C9H10O2/c1-3-8-4-9(5-8,6-8)7(10)11-2/h1H,4-6H2,2H3. The van der Waals surface area contributed by atoms with E-state index in [1.165, 1.54) is 7.11 Å². The van der Waals surface area contributed by atoms with Gasteiger partial charge < -0.3 is 4.74 Å². The summed E-state index contributed by atoms with van der Waals surface area (Å²) in [5.74, 6) is 2.67. The summed E-state index contributed by atoms with van der Waals surface area (Å²) in [7, 11) is 1.44. The Morgan fingerprint density at radius 3 is 2.45 bits per heavy atom. The van der Waals surface area contributed by atoms with Crippen LogP contribution < -0.4 is 0 Å². The van der Waals surface area contributed by atoms with Crippen LogP contribution in [0.25, 0.3) is 0 Å². The predicted octanol–water partition coefficient (Wildman–Crippen LogP) is 0.963. The summed E-state index contributed by atoms with van der Waals surface area (Å²) in [5.41, 5.74) is -0.0880. The summed E-state index contributed by atoms with van der Waals surface area (Å²) in [4.78, 5) is 11.1. The number of methoxy groups -OCH3 is 1. The predicted molar refractivity (Wildman–Crippen MR) is 39.6 cm³/mol. The number of esters is 1. The number of hydrogen-bond acceptors (Lipinski definition) is 2. The highest BCUT2D eigenvalue weighted by molar-refractivity contribution is 5.81. The number of ether oxygens (including phenoxy) is 1. The summed E-state index contributed by atoms with van der Waals surface area (Å²) < 4.78 is 4.68. The minimum atomic E-state index is -0.166. The number of rotatable bonds is 1. The number of hydrogen-bond donors (Lipinski definition) is 0. The third-order valence-corrected chi connectivity index (χ3v) is 2.95. The Balaban J connectivity index is 2.05. The van der Waals surface area contributed by atoms with Crippen molar-refractivity contribution in [2.75, 3.05) is 7.11 Å². The van der Waals surface area contributed by atoms with Crippen LogP contribution >= 0.6 is 0 Å². The molecule has 0 saturated heterocycles. The van der Waals surface area contributed by atoms with E-state index in [4.69, 9.17) is 6.42 Å². The van der Waals surface area contributed by atoms with Crippen LogP contribution in [0.2, 0.25) is 0 Å². The van der Waals surface area contributed by atoms with Gasteiger partial charge in [-0.2, -0.15) is 0 Å². The highest BCUT2D eigenvalue weighted by atomic mass is 16.5. The fraction of sp³-hybridized carbons (Fsp3) is 0.667. The van der Waals surface area contributed by atoms with Crippen LogP contribution in [0.1, 0.15) is 19.3 Å². The smallest absolute Gasteiger partial charge is 0.311 e. The van der Waals surface area contributed by atoms with Crippen molar-refractivity contribution in [2.45, 2.75) is 19.3 Å². The Morgan fingerprint density at radius 1 is 1.55 bits per heavy atom. The van der Waals surface area contributed by atoms with Crippen LogP contribution in [0.15, 0.2) is 0 Å². The van der Waals surface area contributed by atoms with E-state index >= 15 is 0 Å². The average molecular weight is 150 g/mol. The molecule has 0 amide bonds. The number of carbonyl (C=O) groups excluding carboxylic acids is 1. The Hall–Kier alpha value is -0.970. The lowest BCUT2D eigenvalue weighted by Crippen LogP contribution is -2.64. The fourth-order valence-electron chi connectivity index (χ4n) is 2.37. The zero-order valence-corrected chi connectivity index (χ0v) is 6.52. The quantitative estimate of drug-likeness (QED) is 0.411. The molecule has 0 N–H and O–H groups in total. The number of terminal acetylenes is 1. The Labute approximate surface area is 65.9 Å². The lowest BCUT2D eigenvalue weighted by Gasteiger charge is -2.65. The van der Waals surface area contributed by atoms with Crippen molar-refractivity contribution in [2.24, 2.45) is 10.8 Å². The van der Waals surface area contributed by atoms with Crippen molar-refractivity contribution >= 4 is 5.97 Å². The molecule has 0 aliphatic heterocycles. The van der Waals surface area contributed by atoms with E-state index in [0.29, 0.717) is 0 Å². The Morgan fingerprint density at radius 2 is 2.09 bits per heavy atom. The van der Waals surface area contributed by atoms with E-state index in [0.717, 1.165) is 19.3 Å². The lowest BCUT2D eigenvalue weighted by molar-refractivity contribution is -0.205. The summed E-state index contributed by atoms with van der Waals surface area (Å²) in [6.07, 6.45) is 7.86. The Kier molecular flexibility index (Phi) is 0.983. The highest BCUT2D eigenvalue weighted by Gasteiger charge is 2.71. The molecule has 0 aromatic carbocycles. The van der Waals surface area contributed by atoms with Gasteiger partial charge in [0, 0.05) is 5.41 Å². The van der Waals surface area contributed by atoms with Gasteiger partial charge in [-0.05, 0) is 19.3 Å². The third-order valence-electron chi connectivity index (χ3n) is 2.95. The van der Waals surface area contributed by atoms with Crippen molar-refractivity contribution < 1.29 is 9.53 Å². The maximum absolute atomic E-state index is 11.1. The molecule has 2 nitrogen and oxygen atoms in total. The molecule has 0 atom stereocenters. The van der Waals surface area contributed by atoms with Crippen molar-refractivity contribution in [3.8, 4) is 12.3 Å². The fourth-order valence-corrected chi connectivity index (χ4v) is 2.37. The molecule has 2 heteroatoms. The molecule has 0 aromatic rings. The van der Waals surface area contributed by atoms with Gasteiger partial charge in [-0.25, -0.2) is 0 Å². The van der Waals surface area contributed by atoms with Gasteiger partial charge in [0.1, 0.15) is 0 Å². The first kappa shape index (κ1) is 6.72. The summed E-state index contributed by atoms with van der Waals surface area (Å²) in [6, 6.07) is 0. The van der Waals surface area contributed by atoms with Gasteiger partial charge in [0.25, 0.3) is 0 Å². The zero-order valence-electron chi connectivity index (χ0n) is 6.52. The van der Waals surface area contributed by atoms with Crippen LogP contribution in [0.4, 0.5) is 0 Å². The van der Waals surface area contributed by atoms with Gasteiger partial charge in [-0.15, -0.1) is 6.42 Å². The molecule has 3 aliphatic rings. The molecule has 11 heavy (non-hydrogen) atoms. The molecule has 0 aromatic heterocycles. The minimum Gasteiger partial charge on any atom is -0.469 e. The maximum Gasteiger partial charge on any atom is 0.311 e. The van der Waals surface area contributed by atoms with E-state index in [1.807, 2.05) is 0 Å². The maximum atomic E-state index is 11.1. The second-order valence-corrected chi connectivity index (χ2v) is 3.73. The molecule has 2 bridgehead atoms. The van der Waals surface area contributed by atoms with Gasteiger partial charge >= 0.3 is 5.97 Å². The molecule has 0 heterocycles. The molecule has 3 rings (SSSR count). The largest absolute Gasteiger partial charge is 0.469 e. The van der Waals surface area contributed by atoms with E-state index in [1.54, 1.807) is 0 Å². The summed E-state index contributed by atoms with van der Waals surface area (Å²) in [5, 5.41) is 0. The van der Waals surface area contributed by atoms with Crippen molar-refractivity contribution in [3.63, 3.8) is 0 Å². The molecular weight excluding hydrogens is 140 g/mol. The summed E-state index contributed by atoms with van der Waals surface area (Å²) in [6.45, 7) is 0. The van der Waals surface area contributed by atoms with Crippen LogP contribution in [-0.2, 0) is 9.53 Å². The van der Waals surface area contributed by atoms with Crippen molar-refractivity contribution in [3.05, 3.63) is 0 Å². The van der Waals surface area contributed by atoms with Crippen LogP contribution in [-0.4, -0.2) is 13.1 Å². The topological polar surface area (TPSA) is 26.3 Å². The van der Waals surface area contributed by atoms with Gasteiger partial charge in [-0.3, -0.25) is 4.79 Å². The first-order valence-corrected chi connectivity index (χ1v) is 3.73.